The topological polar surface area (TPSA) is 46.6 Å². The van der Waals surface area contributed by atoms with E-state index in [0.717, 1.165) is 44.5 Å². The standard InChI is InChI=1S/C45H31N5/c1-4-14-30(15-5-1)31-24-26-33(27-25-31)44-46-43(32-16-6-2-7-17-32)47-45(48-44)50-40-23-13-11-21-36(40)38-28-41-37(29-42(38)50)35-20-10-12-22-39(35)49(41)34-18-8-3-9-19-34/h1-29,44H,(H,46,47,48). The van der Waals surface area contributed by atoms with Gasteiger partial charge in [-0.2, -0.15) is 4.99 Å². The maximum absolute atomic E-state index is 5.34. The number of benzene rings is 7. The number of para-hydroxylation sites is 3. The van der Waals surface area contributed by atoms with Crippen LogP contribution in [0, 0.1) is 0 Å². The van der Waals surface area contributed by atoms with Crippen LogP contribution >= 0.6 is 0 Å². The van der Waals surface area contributed by atoms with Crippen LogP contribution in [0.5, 0.6) is 0 Å². The molecule has 236 valence electrons. The van der Waals surface area contributed by atoms with Gasteiger partial charge in [0.2, 0.25) is 5.96 Å². The van der Waals surface area contributed by atoms with E-state index >= 15 is 0 Å². The van der Waals surface area contributed by atoms with Crippen molar-refractivity contribution in [2.75, 3.05) is 0 Å². The third-order valence-corrected chi connectivity index (χ3v) is 9.79. The summed E-state index contributed by atoms with van der Waals surface area (Å²) in [5.41, 5.74) is 10.1. The average Bonchev–Trinajstić information content (AvgIpc) is 3.70. The van der Waals surface area contributed by atoms with Gasteiger partial charge in [0.05, 0.1) is 22.1 Å². The summed E-state index contributed by atoms with van der Waals surface area (Å²) in [6.45, 7) is 0. The molecular formula is C45H31N5. The summed E-state index contributed by atoms with van der Waals surface area (Å²) < 4.78 is 4.62. The van der Waals surface area contributed by atoms with E-state index in [4.69, 9.17) is 9.98 Å². The first-order valence-corrected chi connectivity index (χ1v) is 17.0. The molecule has 1 aliphatic rings. The first kappa shape index (κ1) is 28.3. The molecule has 50 heavy (non-hydrogen) atoms. The predicted molar refractivity (Wildman–Crippen MR) is 207 cm³/mol. The molecule has 9 aromatic rings. The molecule has 0 spiro atoms. The Bertz CT molecular complexity index is 2760. The maximum atomic E-state index is 5.34. The van der Waals surface area contributed by atoms with Crippen LogP contribution in [0.2, 0.25) is 0 Å². The minimum atomic E-state index is -0.331. The number of aliphatic imine (C=N–C) groups is 2. The number of amidine groups is 1. The first-order chi connectivity index (χ1) is 24.8. The summed E-state index contributed by atoms with van der Waals surface area (Å²) in [6, 6.07) is 62.1. The smallest absolute Gasteiger partial charge is 0.234 e. The molecule has 5 heteroatoms. The molecule has 0 aliphatic carbocycles. The number of aromatic nitrogens is 2. The van der Waals surface area contributed by atoms with Crippen molar-refractivity contribution in [1.29, 1.82) is 0 Å². The Morgan fingerprint density at radius 1 is 0.420 bits per heavy atom. The minimum absolute atomic E-state index is 0.331. The van der Waals surface area contributed by atoms with Crippen LogP contribution in [0.4, 0.5) is 0 Å². The molecule has 1 atom stereocenters. The van der Waals surface area contributed by atoms with E-state index in [1.54, 1.807) is 0 Å². The Kier molecular flexibility index (Phi) is 6.49. The van der Waals surface area contributed by atoms with Gasteiger partial charge in [0.25, 0.3) is 0 Å². The summed E-state index contributed by atoms with van der Waals surface area (Å²) in [5.74, 6) is 1.44. The molecule has 3 heterocycles. The van der Waals surface area contributed by atoms with Crippen LogP contribution in [-0.4, -0.2) is 20.9 Å². The average molecular weight is 642 g/mol. The normalized spacial score (nSPS) is 14.6. The molecule has 0 saturated carbocycles. The van der Waals surface area contributed by atoms with Crippen molar-refractivity contribution < 1.29 is 0 Å². The Balaban J connectivity index is 1.21. The zero-order valence-electron chi connectivity index (χ0n) is 27.1. The summed E-state index contributed by atoms with van der Waals surface area (Å²) in [7, 11) is 0. The van der Waals surface area contributed by atoms with Crippen molar-refractivity contribution in [3.8, 4) is 16.8 Å². The lowest BCUT2D eigenvalue weighted by atomic mass is 10.0. The third kappa shape index (κ3) is 4.55. The predicted octanol–water partition coefficient (Wildman–Crippen LogP) is 10.5. The van der Waals surface area contributed by atoms with Gasteiger partial charge in [-0.05, 0) is 53.1 Å². The second-order valence-electron chi connectivity index (χ2n) is 12.7. The summed E-state index contributed by atoms with van der Waals surface area (Å²) in [4.78, 5) is 10.6. The van der Waals surface area contributed by atoms with Crippen LogP contribution < -0.4 is 5.32 Å². The summed E-state index contributed by atoms with van der Waals surface area (Å²) in [6.07, 6.45) is -0.331. The molecule has 1 N–H and O–H groups in total. The molecule has 1 unspecified atom stereocenters. The lowest BCUT2D eigenvalue weighted by molar-refractivity contribution is 0.668. The highest BCUT2D eigenvalue weighted by atomic mass is 15.3. The van der Waals surface area contributed by atoms with E-state index in [1.807, 2.05) is 24.3 Å². The van der Waals surface area contributed by atoms with Crippen molar-refractivity contribution >= 4 is 55.4 Å². The fourth-order valence-corrected chi connectivity index (χ4v) is 7.44. The van der Waals surface area contributed by atoms with Crippen LogP contribution in [0.15, 0.2) is 186 Å². The van der Waals surface area contributed by atoms with Crippen molar-refractivity contribution in [2.45, 2.75) is 6.17 Å². The molecule has 0 bridgehead atoms. The summed E-state index contributed by atoms with van der Waals surface area (Å²) >= 11 is 0. The second kappa shape index (κ2) is 11.5. The Morgan fingerprint density at radius 2 is 0.920 bits per heavy atom. The van der Waals surface area contributed by atoms with Crippen LogP contribution in [0.3, 0.4) is 0 Å². The number of nitrogens with one attached hydrogen (secondary N) is 1. The molecular weight excluding hydrogens is 611 g/mol. The highest BCUT2D eigenvalue weighted by Gasteiger charge is 2.25. The minimum Gasteiger partial charge on any atom is -0.344 e. The molecule has 7 aromatic carbocycles. The molecule has 0 radical (unpaired) electrons. The Labute approximate surface area is 289 Å². The lowest BCUT2D eigenvalue weighted by Crippen LogP contribution is -2.35. The molecule has 10 rings (SSSR count). The lowest BCUT2D eigenvalue weighted by Gasteiger charge is -2.24. The SMILES string of the molecule is c1ccc(C2=NC(n3c4ccccc4c4cc5c(cc43)c3ccccc3n5-c3ccccc3)=NC(c3ccc(-c4ccccc4)cc3)N2)cc1. The van der Waals surface area contributed by atoms with Crippen molar-refractivity contribution in [3.05, 3.63) is 187 Å². The third-order valence-electron chi connectivity index (χ3n) is 9.79. The van der Waals surface area contributed by atoms with Crippen molar-refractivity contribution in [2.24, 2.45) is 9.98 Å². The van der Waals surface area contributed by atoms with Gasteiger partial charge >= 0.3 is 0 Å². The first-order valence-electron chi connectivity index (χ1n) is 17.0. The summed E-state index contributed by atoms with van der Waals surface area (Å²) in [5, 5.41) is 8.38. The molecule has 0 amide bonds. The van der Waals surface area contributed by atoms with E-state index in [1.165, 1.54) is 32.9 Å². The van der Waals surface area contributed by atoms with Crippen LogP contribution in [-0.2, 0) is 0 Å². The highest BCUT2D eigenvalue weighted by molar-refractivity contribution is 6.22. The van der Waals surface area contributed by atoms with Crippen molar-refractivity contribution in [3.63, 3.8) is 0 Å². The van der Waals surface area contributed by atoms with E-state index in [9.17, 15) is 0 Å². The fraction of sp³-hybridized carbons (Fsp3) is 0.0222. The quantitative estimate of drug-likeness (QED) is 0.204. The van der Waals surface area contributed by atoms with E-state index in [-0.39, 0.29) is 6.17 Å². The number of fused-ring (bicyclic) bond motifs is 6. The van der Waals surface area contributed by atoms with Gasteiger partial charge in [-0.1, -0.05) is 140 Å². The number of hydrogen-bond acceptors (Lipinski definition) is 3. The highest BCUT2D eigenvalue weighted by Crippen LogP contribution is 2.39. The van der Waals surface area contributed by atoms with E-state index in [0.29, 0.717) is 5.96 Å². The Hall–Kier alpha value is -6.72. The van der Waals surface area contributed by atoms with E-state index < -0.39 is 0 Å². The number of hydrogen-bond donors (Lipinski definition) is 1. The maximum Gasteiger partial charge on any atom is 0.234 e. The van der Waals surface area contributed by atoms with Gasteiger partial charge in [-0.25, -0.2) is 4.99 Å². The second-order valence-corrected chi connectivity index (χ2v) is 12.7. The molecule has 1 aliphatic heterocycles. The Morgan fingerprint density at radius 3 is 1.56 bits per heavy atom. The van der Waals surface area contributed by atoms with Crippen LogP contribution in [0.1, 0.15) is 17.3 Å². The monoisotopic (exact) mass is 641 g/mol. The van der Waals surface area contributed by atoms with Gasteiger partial charge in [0.1, 0.15) is 12.0 Å². The number of rotatable bonds is 4. The van der Waals surface area contributed by atoms with Gasteiger partial charge in [-0.3, -0.25) is 4.57 Å². The zero-order valence-corrected chi connectivity index (χ0v) is 27.1. The molecule has 0 saturated heterocycles. The molecule has 5 nitrogen and oxygen atoms in total. The number of nitrogens with zero attached hydrogens (tertiary/aromatic N) is 4. The van der Waals surface area contributed by atoms with Gasteiger partial charge in [0.15, 0.2) is 0 Å². The largest absolute Gasteiger partial charge is 0.344 e. The van der Waals surface area contributed by atoms with Gasteiger partial charge < -0.3 is 9.88 Å². The molecule has 2 aromatic heterocycles. The van der Waals surface area contributed by atoms with Crippen LogP contribution in [0.25, 0.3) is 60.4 Å². The fourth-order valence-electron chi connectivity index (χ4n) is 7.44. The molecule has 0 fully saturated rings. The van der Waals surface area contributed by atoms with Crippen molar-refractivity contribution in [1.82, 2.24) is 14.5 Å². The van der Waals surface area contributed by atoms with E-state index in [2.05, 4.69) is 166 Å². The van der Waals surface area contributed by atoms with Gasteiger partial charge in [-0.15, -0.1) is 0 Å². The zero-order chi connectivity index (χ0) is 33.0. The van der Waals surface area contributed by atoms with Gasteiger partial charge in [0, 0.05) is 32.8 Å².